The summed E-state index contributed by atoms with van der Waals surface area (Å²) in [5, 5.41) is 0. The number of rotatable bonds is 8. The third-order valence-corrected chi connectivity index (χ3v) is 5.05. The van der Waals surface area contributed by atoms with Crippen LogP contribution in [0, 0.1) is 13.8 Å². The molecule has 0 saturated heterocycles. The molecule has 1 aromatic carbocycles. The molecular formula is C20H23NO4S. The van der Waals surface area contributed by atoms with Crippen molar-refractivity contribution in [2.24, 2.45) is 0 Å². The highest BCUT2D eigenvalue weighted by Gasteiger charge is 2.25. The molecule has 0 aliphatic carbocycles. The van der Waals surface area contributed by atoms with Crippen LogP contribution >= 0.6 is 11.8 Å². The molecule has 0 fully saturated rings. The second kappa shape index (κ2) is 8.85. The predicted octanol–water partition coefficient (Wildman–Crippen LogP) is 4.13. The van der Waals surface area contributed by atoms with E-state index in [-0.39, 0.29) is 18.0 Å². The van der Waals surface area contributed by atoms with Crippen LogP contribution in [0.2, 0.25) is 0 Å². The largest absolute Gasteiger partial charge is 0.454 e. The number of esters is 1. The molecule has 0 radical (unpaired) electrons. The number of aromatic nitrogens is 1. The maximum atomic E-state index is 12.6. The molecule has 6 heteroatoms. The smallest absolute Gasteiger partial charge is 0.307 e. The fraction of sp³-hybridized carbons (Fsp3) is 0.350. The lowest BCUT2D eigenvalue weighted by Gasteiger charge is -2.12. The Bertz CT molecular complexity index is 811. The van der Waals surface area contributed by atoms with Crippen molar-refractivity contribution in [2.75, 3.05) is 5.75 Å². The number of Topliss-reactive ketones (excluding diaryl/α,β-unsaturated/α-hetero) is 2. The van der Waals surface area contributed by atoms with Gasteiger partial charge in [-0.15, -0.1) is 11.8 Å². The number of nitrogens with one attached hydrogen (secondary N) is 1. The van der Waals surface area contributed by atoms with E-state index in [0.29, 0.717) is 28.3 Å². The monoisotopic (exact) mass is 373 g/mol. The molecule has 5 nitrogen and oxygen atoms in total. The number of hydrogen-bond donors (Lipinski definition) is 1. The molecule has 1 atom stereocenters. The Morgan fingerprint density at radius 1 is 1.15 bits per heavy atom. The molecule has 0 bridgehead atoms. The zero-order valence-electron chi connectivity index (χ0n) is 15.4. The summed E-state index contributed by atoms with van der Waals surface area (Å²) in [7, 11) is 0. The Balaban J connectivity index is 1.91. The van der Waals surface area contributed by atoms with Crippen LogP contribution in [-0.2, 0) is 9.53 Å². The third kappa shape index (κ3) is 4.85. The average molecular weight is 373 g/mol. The number of thioether (sulfide) groups is 1. The second-order valence-corrected chi connectivity index (χ2v) is 7.26. The summed E-state index contributed by atoms with van der Waals surface area (Å²) in [6.07, 6.45) is -0.681. The number of hydrogen-bond acceptors (Lipinski definition) is 5. The first-order valence-corrected chi connectivity index (χ1v) is 9.41. The van der Waals surface area contributed by atoms with Gasteiger partial charge in [-0.2, -0.15) is 0 Å². The van der Waals surface area contributed by atoms with Gasteiger partial charge in [0.25, 0.3) is 0 Å². The van der Waals surface area contributed by atoms with E-state index in [9.17, 15) is 14.4 Å². The second-order valence-electron chi connectivity index (χ2n) is 6.09. The van der Waals surface area contributed by atoms with Gasteiger partial charge in [-0.1, -0.05) is 18.2 Å². The van der Waals surface area contributed by atoms with Gasteiger partial charge < -0.3 is 9.72 Å². The van der Waals surface area contributed by atoms with E-state index in [1.807, 2.05) is 30.3 Å². The average Bonchev–Trinajstić information content (AvgIpc) is 2.89. The standard InChI is InChI=1S/C20H23NO4S/c1-12-18(14(3)22)13(2)21-19(12)20(24)15(4)25-17(23)10-11-26-16-8-6-5-7-9-16/h5-9,15,21H,10-11H2,1-4H3/t15-/m0/s1. The summed E-state index contributed by atoms with van der Waals surface area (Å²) in [6.45, 7) is 6.48. The van der Waals surface area contributed by atoms with Crippen molar-refractivity contribution in [1.82, 2.24) is 4.98 Å². The first kappa shape index (κ1) is 20.0. The Hall–Kier alpha value is -2.34. The van der Waals surface area contributed by atoms with E-state index < -0.39 is 12.1 Å². The summed E-state index contributed by atoms with van der Waals surface area (Å²) >= 11 is 1.56. The van der Waals surface area contributed by atoms with Crippen LogP contribution in [0.15, 0.2) is 35.2 Å². The molecule has 138 valence electrons. The molecule has 0 amide bonds. The molecule has 0 aliphatic rings. The Kier molecular flexibility index (Phi) is 6.80. The van der Waals surface area contributed by atoms with E-state index in [2.05, 4.69) is 4.98 Å². The maximum absolute atomic E-state index is 12.6. The van der Waals surface area contributed by atoms with Gasteiger partial charge in [0.1, 0.15) is 0 Å². The van der Waals surface area contributed by atoms with Gasteiger partial charge in [-0.25, -0.2) is 0 Å². The molecule has 0 spiro atoms. The summed E-state index contributed by atoms with van der Waals surface area (Å²) in [4.78, 5) is 40.3. The van der Waals surface area contributed by atoms with Crippen molar-refractivity contribution in [3.63, 3.8) is 0 Å². The summed E-state index contributed by atoms with van der Waals surface area (Å²) in [5.74, 6) is -0.263. The highest BCUT2D eigenvalue weighted by atomic mass is 32.2. The fourth-order valence-corrected chi connectivity index (χ4v) is 3.66. The van der Waals surface area contributed by atoms with Crippen molar-refractivity contribution < 1.29 is 19.1 Å². The molecule has 0 aliphatic heterocycles. The summed E-state index contributed by atoms with van der Waals surface area (Å²) in [6, 6.07) is 9.78. The highest BCUT2D eigenvalue weighted by molar-refractivity contribution is 7.99. The zero-order chi connectivity index (χ0) is 19.3. The molecule has 0 unspecified atom stereocenters. The van der Waals surface area contributed by atoms with Gasteiger partial charge in [-0.05, 0) is 45.4 Å². The van der Waals surface area contributed by atoms with Crippen LogP contribution in [0.3, 0.4) is 0 Å². The molecule has 1 aromatic heterocycles. The Labute approximate surface area is 157 Å². The summed E-state index contributed by atoms with van der Waals surface area (Å²) < 4.78 is 5.26. The minimum absolute atomic E-state index is 0.0992. The minimum Gasteiger partial charge on any atom is -0.454 e. The number of carbonyl (C=O) groups excluding carboxylic acids is 3. The Morgan fingerprint density at radius 3 is 2.38 bits per heavy atom. The number of aryl methyl sites for hydroxylation is 1. The van der Waals surface area contributed by atoms with E-state index in [1.165, 1.54) is 6.92 Å². The number of carbonyl (C=O) groups is 3. The normalized spacial score (nSPS) is 11.8. The van der Waals surface area contributed by atoms with Crippen molar-refractivity contribution >= 4 is 29.3 Å². The van der Waals surface area contributed by atoms with Gasteiger partial charge in [0.2, 0.25) is 5.78 Å². The van der Waals surface area contributed by atoms with Crippen LogP contribution in [0.5, 0.6) is 0 Å². The van der Waals surface area contributed by atoms with E-state index in [1.54, 1.807) is 32.5 Å². The van der Waals surface area contributed by atoms with Crippen LogP contribution < -0.4 is 0 Å². The lowest BCUT2D eigenvalue weighted by atomic mass is 10.0. The van der Waals surface area contributed by atoms with Gasteiger partial charge in [0.15, 0.2) is 11.9 Å². The molecular weight excluding hydrogens is 350 g/mol. The zero-order valence-corrected chi connectivity index (χ0v) is 16.2. The minimum atomic E-state index is -0.902. The van der Waals surface area contributed by atoms with Crippen molar-refractivity contribution in [3.05, 3.63) is 52.8 Å². The van der Waals surface area contributed by atoms with Crippen LogP contribution in [0.25, 0.3) is 0 Å². The van der Waals surface area contributed by atoms with Gasteiger partial charge in [-0.3, -0.25) is 14.4 Å². The SMILES string of the molecule is CC(=O)c1c(C)[nH]c(C(=O)[C@H](C)OC(=O)CCSc2ccccc2)c1C. The maximum Gasteiger partial charge on any atom is 0.307 e. The van der Waals surface area contributed by atoms with Crippen molar-refractivity contribution in [3.8, 4) is 0 Å². The van der Waals surface area contributed by atoms with E-state index >= 15 is 0 Å². The number of aromatic amines is 1. The molecule has 2 rings (SSSR count). The molecule has 1 N–H and O–H groups in total. The van der Waals surface area contributed by atoms with E-state index in [0.717, 1.165) is 4.90 Å². The molecule has 2 aromatic rings. The number of H-pyrrole nitrogens is 1. The first-order valence-electron chi connectivity index (χ1n) is 8.43. The molecule has 1 heterocycles. The van der Waals surface area contributed by atoms with Gasteiger partial charge in [0.05, 0.1) is 12.1 Å². The topological polar surface area (TPSA) is 76.2 Å². The van der Waals surface area contributed by atoms with Crippen LogP contribution in [0.4, 0.5) is 0 Å². The van der Waals surface area contributed by atoms with Crippen molar-refractivity contribution in [1.29, 1.82) is 0 Å². The number of ether oxygens (including phenoxy) is 1. The van der Waals surface area contributed by atoms with Crippen LogP contribution in [0.1, 0.15) is 52.4 Å². The van der Waals surface area contributed by atoms with Crippen molar-refractivity contribution in [2.45, 2.75) is 45.1 Å². The van der Waals surface area contributed by atoms with Gasteiger partial charge >= 0.3 is 5.97 Å². The first-order chi connectivity index (χ1) is 12.3. The molecule has 26 heavy (non-hydrogen) atoms. The quantitative estimate of drug-likeness (QED) is 0.428. The summed E-state index contributed by atoms with van der Waals surface area (Å²) in [5.41, 5.74) is 2.09. The van der Waals surface area contributed by atoms with Crippen LogP contribution in [-0.4, -0.2) is 34.4 Å². The van der Waals surface area contributed by atoms with E-state index in [4.69, 9.17) is 4.74 Å². The predicted molar refractivity (Wildman–Crippen MR) is 102 cm³/mol. The highest BCUT2D eigenvalue weighted by Crippen LogP contribution is 2.21. The lowest BCUT2D eigenvalue weighted by Crippen LogP contribution is -2.25. The molecule has 0 saturated carbocycles. The lowest BCUT2D eigenvalue weighted by molar-refractivity contribution is -0.145. The fourth-order valence-electron chi connectivity index (χ4n) is 2.81. The number of ketones is 2. The third-order valence-electron chi connectivity index (χ3n) is 4.03. The Morgan fingerprint density at radius 2 is 1.81 bits per heavy atom. The van der Waals surface area contributed by atoms with Gasteiger partial charge in [0, 0.05) is 21.9 Å². The number of benzene rings is 1.